The van der Waals surface area contributed by atoms with Gasteiger partial charge in [-0.1, -0.05) is 33.1 Å². The summed E-state index contributed by atoms with van der Waals surface area (Å²) < 4.78 is 4.85. The van der Waals surface area contributed by atoms with Crippen molar-refractivity contribution >= 4 is 24.1 Å². The normalized spacial score (nSPS) is 19.3. The van der Waals surface area contributed by atoms with Crippen molar-refractivity contribution in [3.05, 3.63) is 0 Å². The Bertz CT molecular complexity index is 546. The van der Waals surface area contributed by atoms with Crippen molar-refractivity contribution < 1.29 is 23.9 Å². The van der Waals surface area contributed by atoms with Crippen LogP contribution in [0, 0.1) is 11.3 Å². The van der Waals surface area contributed by atoms with Gasteiger partial charge >= 0.3 is 5.97 Å². The molecule has 1 N–H and O–H groups in total. The fourth-order valence-electron chi connectivity index (χ4n) is 3.42. The summed E-state index contributed by atoms with van der Waals surface area (Å²) in [6.45, 7) is 7.52. The highest BCUT2D eigenvalue weighted by Crippen LogP contribution is 2.27. The second-order valence-corrected chi connectivity index (χ2v) is 7.93. The fourth-order valence-corrected chi connectivity index (χ4v) is 3.42. The van der Waals surface area contributed by atoms with Gasteiger partial charge in [-0.2, -0.15) is 0 Å². The third-order valence-corrected chi connectivity index (χ3v) is 5.39. The lowest BCUT2D eigenvalue weighted by Crippen LogP contribution is -2.59. The van der Waals surface area contributed by atoms with E-state index in [0.29, 0.717) is 13.0 Å². The van der Waals surface area contributed by atoms with Crippen molar-refractivity contribution in [3.8, 4) is 0 Å². The van der Waals surface area contributed by atoms with Crippen LogP contribution < -0.4 is 5.32 Å². The molecule has 1 saturated heterocycles. The molecule has 2 amide bonds. The SMILES string of the molecule is CCCCCC(C)C(=O)N[C@H](C(=O)N1CCC[C@H]1C=O)C(C)(C)C(=O)OC. The van der Waals surface area contributed by atoms with Gasteiger partial charge in [-0.3, -0.25) is 14.4 Å². The largest absolute Gasteiger partial charge is 0.469 e. The Morgan fingerprint density at radius 2 is 1.96 bits per heavy atom. The highest BCUT2D eigenvalue weighted by molar-refractivity contribution is 5.95. The van der Waals surface area contributed by atoms with Gasteiger partial charge in [-0.15, -0.1) is 0 Å². The first kappa shape index (κ1) is 23.1. The summed E-state index contributed by atoms with van der Waals surface area (Å²) in [7, 11) is 1.25. The van der Waals surface area contributed by atoms with E-state index in [0.717, 1.165) is 38.4 Å². The number of hydrogen-bond donors (Lipinski definition) is 1. The molecule has 0 aromatic carbocycles. The number of nitrogens with zero attached hydrogens (tertiary/aromatic N) is 1. The van der Waals surface area contributed by atoms with Crippen LogP contribution in [0.15, 0.2) is 0 Å². The minimum absolute atomic E-state index is 0.261. The van der Waals surface area contributed by atoms with E-state index in [1.807, 2.05) is 6.92 Å². The molecule has 1 rings (SSSR count). The number of hydrogen-bond acceptors (Lipinski definition) is 5. The minimum atomic E-state index is -1.25. The van der Waals surface area contributed by atoms with Gasteiger partial charge < -0.3 is 19.7 Å². The predicted molar refractivity (Wildman–Crippen MR) is 102 cm³/mol. The third kappa shape index (κ3) is 5.78. The maximum atomic E-state index is 13.1. The molecule has 1 fully saturated rings. The summed E-state index contributed by atoms with van der Waals surface area (Å²) in [6, 6.07) is -1.58. The highest BCUT2D eigenvalue weighted by Gasteiger charge is 2.47. The van der Waals surface area contributed by atoms with Gasteiger partial charge in [0.1, 0.15) is 12.3 Å². The van der Waals surface area contributed by atoms with Crippen molar-refractivity contribution in [2.45, 2.75) is 78.3 Å². The van der Waals surface area contributed by atoms with Crippen LogP contribution in [0.25, 0.3) is 0 Å². The molecule has 1 unspecified atom stereocenters. The third-order valence-electron chi connectivity index (χ3n) is 5.39. The van der Waals surface area contributed by atoms with Gasteiger partial charge in [-0.05, 0) is 33.1 Å². The van der Waals surface area contributed by atoms with Crippen molar-refractivity contribution in [1.29, 1.82) is 0 Å². The molecule has 7 heteroatoms. The van der Waals surface area contributed by atoms with Crippen LogP contribution in [0.3, 0.4) is 0 Å². The molecule has 1 aliphatic rings. The molecule has 1 heterocycles. The van der Waals surface area contributed by atoms with E-state index in [4.69, 9.17) is 4.74 Å². The molecular formula is C20H34N2O5. The number of carbonyl (C=O) groups is 4. The van der Waals surface area contributed by atoms with Gasteiger partial charge in [0.2, 0.25) is 11.8 Å². The lowest BCUT2D eigenvalue weighted by atomic mass is 9.82. The van der Waals surface area contributed by atoms with E-state index in [1.165, 1.54) is 12.0 Å². The Kier molecular flexibility index (Phi) is 8.93. The molecule has 0 radical (unpaired) electrons. The van der Waals surface area contributed by atoms with Crippen LogP contribution in [0.1, 0.15) is 66.2 Å². The van der Waals surface area contributed by atoms with Crippen molar-refractivity contribution in [2.75, 3.05) is 13.7 Å². The molecule has 0 saturated carbocycles. The zero-order valence-corrected chi connectivity index (χ0v) is 17.2. The minimum Gasteiger partial charge on any atom is -0.469 e. The Balaban J connectivity index is 3.01. The molecule has 0 spiro atoms. The first-order valence-electron chi connectivity index (χ1n) is 9.85. The summed E-state index contributed by atoms with van der Waals surface area (Å²) in [4.78, 5) is 50.9. The topological polar surface area (TPSA) is 92.8 Å². The van der Waals surface area contributed by atoms with E-state index in [1.54, 1.807) is 13.8 Å². The molecule has 0 bridgehead atoms. The van der Waals surface area contributed by atoms with Crippen molar-refractivity contribution in [1.82, 2.24) is 10.2 Å². The summed E-state index contributed by atoms with van der Waals surface area (Å²) in [5.74, 6) is -1.51. The summed E-state index contributed by atoms with van der Waals surface area (Å²) in [6.07, 6.45) is 5.84. The number of nitrogens with one attached hydrogen (secondary N) is 1. The molecule has 0 aliphatic carbocycles. The van der Waals surface area contributed by atoms with Crippen LogP contribution in [0.5, 0.6) is 0 Å². The number of amides is 2. The lowest BCUT2D eigenvalue weighted by molar-refractivity contribution is -0.158. The van der Waals surface area contributed by atoms with Gasteiger partial charge in [0.15, 0.2) is 0 Å². The monoisotopic (exact) mass is 382 g/mol. The van der Waals surface area contributed by atoms with E-state index in [-0.39, 0.29) is 11.8 Å². The average molecular weight is 383 g/mol. The molecule has 1 aliphatic heterocycles. The summed E-state index contributed by atoms with van der Waals surface area (Å²) in [5.41, 5.74) is -1.25. The zero-order valence-electron chi connectivity index (χ0n) is 17.2. The van der Waals surface area contributed by atoms with Gasteiger partial charge in [0, 0.05) is 12.5 Å². The second-order valence-electron chi connectivity index (χ2n) is 7.93. The Labute approximate surface area is 162 Å². The number of rotatable bonds is 10. The van der Waals surface area contributed by atoms with Gasteiger partial charge in [0.25, 0.3) is 0 Å². The van der Waals surface area contributed by atoms with Gasteiger partial charge in [0.05, 0.1) is 18.6 Å². The molecule has 27 heavy (non-hydrogen) atoms. The maximum absolute atomic E-state index is 13.1. The second kappa shape index (κ2) is 10.4. The maximum Gasteiger partial charge on any atom is 0.313 e. The first-order valence-corrected chi connectivity index (χ1v) is 9.85. The number of likely N-dealkylation sites (tertiary alicyclic amines) is 1. The summed E-state index contributed by atoms with van der Waals surface area (Å²) in [5, 5.41) is 2.77. The number of unbranched alkanes of at least 4 members (excludes halogenated alkanes) is 2. The lowest BCUT2D eigenvalue weighted by Gasteiger charge is -2.35. The van der Waals surface area contributed by atoms with E-state index in [2.05, 4.69) is 12.2 Å². The van der Waals surface area contributed by atoms with Crippen LogP contribution in [0.4, 0.5) is 0 Å². The number of esters is 1. The Hall–Kier alpha value is -1.92. The molecule has 0 aromatic heterocycles. The molecule has 0 aromatic rings. The standard InChI is InChI=1S/C20H34N2O5/c1-6-7-8-10-14(2)17(24)21-16(20(3,4)19(26)27-5)18(25)22-12-9-11-15(22)13-23/h13-16H,6-12H2,1-5H3,(H,21,24)/t14?,15-,16+/m0/s1. The molecule has 7 nitrogen and oxygen atoms in total. The number of ether oxygens (including phenoxy) is 1. The van der Waals surface area contributed by atoms with E-state index < -0.39 is 29.4 Å². The number of methoxy groups -OCH3 is 1. The number of aldehydes is 1. The van der Waals surface area contributed by atoms with Crippen molar-refractivity contribution in [2.24, 2.45) is 11.3 Å². The number of carbonyl (C=O) groups excluding carboxylic acids is 4. The highest BCUT2D eigenvalue weighted by atomic mass is 16.5. The van der Waals surface area contributed by atoms with E-state index in [9.17, 15) is 19.2 Å². The molecule has 3 atom stereocenters. The van der Waals surface area contributed by atoms with Crippen LogP contribution in [-0.2, 0) is 23.9 Å². The van der Waals surface area contributed by atoms with Crippen LogP contribution in [0.2, 0.25) is 0 Å². The average Bonchev–Trinajstić information content (AvgIpc) is 3.13. The van der Waals surface area contributed by atoms with Crippen LogP contribution in [-0.4, -0.2) is 54.7 Å². The Morgan fingerprint density at radius 1 is 1.30 bits per heavy atom. The van der Waals surface area contributed by atoms with Gasteiger partial charge in [-0.25, -0.2) is 0 Å². The fraction of sp³-hybridized carbons (Fsp3) is 0.800. The zero-order chi connectivity index (χ0) is 20.6. The quantitative estimate of drug-likeness (QED) is 0.355. The first-order chi connectivity index (χ1) is 12.7. The van der Waals surface area contributed by atoms with E-state index >= 15 is 0 Å². The summed E-state index contributed by atoms with van der Waals surface area (Å²) >= 11 is 0. The Morgan fingerprint density at radius 3 is 2.52 bits per heavy atom. The molecular weight excluding hydrogens is 348 g/mol. The predicted octanol–water partition coefficient (Wildman–Crippen LogP) is 2.08. The smallest absolute Gasteiger partial charge is 0.313 e. The molecule has 154 valence electrons. The van der Waals surface area contributed by atoms with Crippen LogP contribution >= 0.6 is 0 Å². The van der Waals surface area contributed by atoms with Crippen molar-refractivity contribution in [3.63, 3.8) is 0 Å².